The second kappa shape index (κ2) is 2.23. The zero-order valence-corrected chi connectivity index (χ0v) is 6.59. The van der Waals surface area contributed by atoms with Crippen LogP contribution in [0, 0.1) is 0 Å². The van der Waals surface area contributed by atoms with Crippen LogP contribution in [0.15, 0.2) is 0 Å². The van der Waals surface area contributed by atoms with Gasteiger partial charge in [-0.1, -0.05) is 6.92 Å². The lowest BCUT2D eigenvalue weighted by Gasteiger charge is -2.09. The van der Waals surface area contributed by atoms with Gasteiger partial charge in [0.15, 0.2) is 0 Å². The van der Waals surface area contributed by atoms with Gasteiger partial charge in [0, 0.05) is 18.7 Å². The second-order valence-electron chi connectivity index (χ2n) is 2.87. The number of fused-ring (bicyclic) bond motifs is 1. The Bertz CT molecular complexity index is 265. The normalized spacial score (nSPS) is 17.2. The molecule has 2 rings (SSSR count). The lowest BCUT2D eigenvalue weighted by molar-refractivity contribution is 0.297. The van der Waals surface area contributed by atoms with Gasteiger partial charge in [-0.3, -0.25) is 10.00 Å². The second-order valence-corrected chi connectivity index (χ2v) is 2.87. The Balaban J connectivity index is 2.27. The van der Waals surface area contributed by atoms with Crippen molar-refractivity contribution in [2.24, 2.45) is 0 Å². The van der Waals surface area contributed by atoms with Crippen molar-refractivity contribution in [3.05, 3.63) is 11.3 Å². The molecule has 0 saturated carbocycles. The topological polar surface area (TPSA) is 57.9 Å². The molecule has 0 radical (unpaired) electrons. The molecule has 0 atom stereocenters. The van der Waals surface area contributed by atoms with E-state index in [-0.39, 0.29) is 0 Å². The van der Waals surface area contributed by atoms with Crippen LogP contribution in [0.4, 0.5) is 5.82 Å². The first-order valence-corrected chi connectivity index (χ1v) is 3.85. The quantitative estimate of drug-likeness (QED) is 0.609. The van der Waals surface area contributed by atoms with Crippen LogP contribution in [0.1, 0.15) is 18.2 Å². The predicted molar refractivity (Wildman–Crippen MR) is 42.8 cm³/mol. The van der Waals surface area contributed by atoms with Gasteiger partial charge in [0.2, 0.25) is 0 Å². The van der Waals surface area contributed by atoms with Crippen LogP contribution < -0.4 is 5.73 Å². The molecule has 0 bridgehead atoms. The first-order valence-electron chi connectivity index (χ1n) is 3.85. The van der Waals surface area contributed by atoms with Gasteiger partial charge < -0.3 is 5.73 Å². The van der Waals surface area contributed by atoms with Gasteiger partial charge in [0.25, 0.3) is 0 Å². The maximum Gasteiger partial charge on any atom is 0.150 e. The maximum atomic E-state index is 5.64. The minimum Gasteiger partial charge on any atom is -0.382 e. The fraction of sp³-hybridized carbons (Fsp3) is 0.571. The van der Waals surface area contributed by atoms with E-state index in [9.17, 15) is 0 Å². The minimum absolute atomic E-state index is 0.663. The van der Waals surface area contributed by atoms with E-state index in [1.807, 2.05) is 0 Å². The lowest BCUT2D eigenvalue weighted by Crippen LogP contribution is -2.15. The third-order valence-electron chi connectivity index (χ3n) is 2.20. The van der Waals surface area contributed by atoms with Crippen molar-refractivity contribution in [3.8, 4) is 0 Å². The van der Waals surface area contributed by atoms with E-state index in [1.54, 1.807) is 0 Å². The van der Waals surface area contributed by atoms with Crippen molar-refractivity contribution < 1.29 is 0 Å². The smallest absolute Gasteiger partial charge is 0.150 e. The summed E-state index contributed by atoms with van der Waals surface area (Å²) in [4.78, 5) is 2.32. The third-order valence-corrected chi connectivity index (χ3v) is 2.20. The van der Waals surface area contributed by atoms with Gasteiger partial charge >= 0.3 is 0 Å². The van der Waals surface area contributed by atoms with Crippen LogP contribution in [-0.2, 0) is 13.1 Å². The molecule has 11 heavy (non-hydrogen) atoms. The molecular weight excluding hydrogens is 140 g/mol. The molecule has 1 aromatic rings. The van der Waals surface area contributed by atoms with Crippen LogP contribution in [0.5, 0.6) is 0 Å². The number of rotatable bonds is 1. The predicted octanol–water partition coefficient (Wildman–Crippen LogP) is 0.327. The van der Waals surface area contributed by atoms with Gasteiger partial charge in [-0.05, 0) is 6.54 Å². The Morgan fingerprint density at radius 2 is 2.45 bits per heavy atom. The fourth-order valence-electron chi connectivity index (χ4n) is 1.45. The number of nitrogens with zero attached hydrogens (tertiary/aromatic N) is 2. The van der Waals surface area contributed by atoms with Gasteiger partial charge in [-0.15, -0.1) is 0 Å². The number of nitrogens with two attached hydrogens (primary N) is 1. The highest BCUT2D eigenvalue weighted by atomic mass is 15.2. The Morgan fingerprint density at radius 1 is 1.64 bits per heavy atom. The summed E-state index contributed by atoms with van der Waals surface area (Å²) in [6.45, 7) is 5.14. The largest absolute Gasteiger partial charge is 0.382 e. The average molecular weight is 152 g/mol. The van der Waals surface area contributed by atoms with Crippen molar-refractivity contribution in [2.45, 2.75) is 20.0 Å². The van der Waals surface area contributed by atoms with Crippen molar-refractivity contribution in [1.29, 1.82) is 0 Å². The van der Waals surface area contributed by atoms with Crippen molar-refractivity contribution >= 4 is 5.82 Å². The Labute approximate surface area is 65.4 Å². The molecule has 0 aliphatic carbocycles. The van der Waals surface area contributed by atoms with Crippen LogP contribution in [0.2, 0.25) is 0 Å². The summed E-state index contributed by atoms with van der Waals surface area (Å²) in [5, 5.41) is 6.87. The number of nitrogens with one attached hydrogen (secondary N) is 1. The van der Waals surface area contributed by atoms with E-state index < -0.39 is 0 Å². The molecule has 4 nitrogen and oxygen atoms in total. The molecule has 0 aromatic carbocycles. The minimum atomic E-state index is 0.663. The molecule has 0 unspecified atom stereocenters. The standard InChI is InChI=1S/C7H12N4/c1-2-11-3-5-6(4-11)9-10-7(5)8/h2-4H2,1H3,(H3,8,9,10). The zero-order chi connectivity index (χ0) is 7.84. The van der Waals surface area contributed by atoms with E-state index >= 15 is 0 Å². The SMILES string of the molecule is CCN1Cc2[nH]nc(N)c2C1. The molecule has 3 N–H and O–H groups in total. The van der Waals surface area contributed by atoms with Gasteiger partial charge in [0.1, 0.15) is 5.82 Å². The highest BCUT2D eigenvalue weighted by molar-refractivity contribution is 5.43. The highest BCUT2D eigenvalue weighted by Crippen LogP contribution is 2.24. The lowest BCUT2D eigenvalue weighted by atomic mass is 10.3. The summed E-state index contributed by atoms with van der Waals surface area (Å²) in [7, 11) is 0. The molecule has 1 aromatic heterocycles. The number of anilines is 1. The summed E-state index contributed by atoms with van der Waals surface area (Å²) >= 11 is 0. The highest BCUT2D eigenvalue weighted by Gasteiger charge is 2.21. The number of nitrogen functional groups attached to an aromatic ring is 1. The molecule has 60 valence electrons. The summed E-state index contributed by atoms with van der Waals surface area (Å²) in [6.07, 6.45) is 0. The number of aromatic amines is 1. The number of H-pyrrole nitrogens is 1. The first-order chi connectivity index (χ1) is 5.31. The van der Waals surface area contributed by atoms with E-state index in [2.05, 4.69) is 22.0 Å². The molecular formula is C7H12N4. The van der Waals surface area contributed by atoms with E-state index in [0.717, 1.165) is 19.6 Å². The molecule has 0 amide bonds. The van der Waals surface area contributed by atoms with Crippen LogP contribution in [0.3, 0.4) is 0 Å². The fourth-order valence-corrected chi connectivity index (χ4v) is 1.45. The molecule has 0 fully saturated rings. The van der Waals surface area contributed by atoms with Gasteiger partial charge in [0.05, 0.1) is 5.69 Å². The molecule has 0 spiro atoms. The van der Waals surface area contributed by atoms with Crippen molar-refractivity contribution in [3.63, 3.8) is 0 Å². The Morgan fingerprint density at radius 3 is 3.09 bits per heavy atom. The first kappa shape index (κ1) is 6.67. The van der Waals surface area contributed by atoms with Crippen LogP contribution >= 0.6 is 0 Å². The zero-order valence-electron chi connectivity index (χ0n) is 6.59. The summed E-state index contributed by atoms with van der Waals surface area (Å²) in [6, 6.07) is 0. The van der Waals surface area contributed by atoms with Crippen molar-refractivity contribution in [2.75, 3.05) is 12.3 Å². The monoisotopic (exact) mass is 152 g/mol. The Kier molecular flexibility index (Phi) is 1.35. The molecule has 0 saturated heterocycles. The van der Waals surface area contributed by atoms with Gasteiger partial charge in [-0.2, -0.15) is 5.10 Å². The van der Waals surface area contributed by atoms with Crippen LogP contribution in [0.25, 0.3) is 0 Å². The summed E-state index contributed by atoms with van der Waals surface area (Å²) in [5.41, 5.74) is 8.01. The van der Waals surface area contributed by atoms with E-state index in [1.165, 1.54) is 11.3 Å². The number of hydrogen-bond donors (Lipinski definition) is 2. The average Bonchev–Trinajstić information content (AvgIpc) is 2.53. The summed E-state index contributed by atoms with van der Waals surface area (Å²) in [5.74, 6) is 0.663. The molecule has 1 aliphatic heterocycles. The van der Waals surface area contributed by atoms with E-state index in [4.69, 9.17) is 5.73 Å². The van der Waals surface area contributed by atoms with Crippen molar-refractivity contribution in [1.82, 2.24) is 15.1 Å². The Hall–Kier alpha value is -1.03. The van der Waals surface area contributed by atoms with Gasteiger partial charge in [-0.25, -0.2) is 0 Å². The van der Waals surface area contributed by atoms with E-state index in [0.29, 0.717) is 5.82 Å². The summed E-state index contributed by atoms with van der Waals surface area (Å²) < 4.78 is 0. The molecule has 2 heterocycles. The third kappa shape index (κ3) is 0.903. The number of aromatic nitrogens is 2. The van der Waals surface area contributed by atoms with Crippen LogP contribution in [-0.4, -0.2) is 21.6 Å². The number of hydrogen-bond acceptors (Lipinski definition) is 3. The molecule has 4 heteroatoms. The maximum absolute atomic E-state index is 5.64. The molecule has 1 aliphatic rings.